The van der Waals surface area contributed by atoms with Crippen molar-refractivity contribution in [1.29, 1.82) is 0 Å². The largest absolute Gasteiger partial charge is 0.394 e. The summed E-state index contributed by atoms with van der Waals surface area (Å²) in [5.74, 6) is -0.680. The van der Waals surface area contributed by atoms with Gasteiger partial charge in [-0.15, -0.1) is 0 Å². The van der Waals surface area contributed by atoms with E-state index in [-0.39, 0.29) is 4.90 Å². The molecule has 176 valence electrons. The fourth-order valence-electron chi connectivity index (χ4n) is 3.87. The van der Waals surface area contributed by atoms with Crippen molar-refractivity contribution in [3.8, 4) is 0 Å². The third-order valence-corrected chi connectivity index (χ3v) is 7.21. The Morgan fingerprint density at radius 3 is 2.20 bits per heavy atom. The summed E-state index contributed by atoms with van der Waals surface area (Å²) in [7, 11) is -4.01. The number of aliphatic hydroxyl groups excluding tert-OH is 1. The molecule has 1 unspecified atom stereocenters. The molecule has 5 rings (SSSR count). The van der Waals surface area contributed by atoms with E-state index in [1.807, 2.05) is 49.4 Å². The maximum atomic E-state index is 13.0. The summed E-state index contributed by atoms with van der Waals surface area (Å²) in [6.07, 6.45) is 0. The van der Waals surface area contributed by atoms with Crippen LogP contribution in [0, 0.1) is 6.92 Å². The molecule has 1 heterocycles. The van der Waals surface area contributed by atoms with Gasteiger partial charge in [-0.25, -0.2) is 18.4 Å². The van der Waals surface area contributed by atoms with Gasteiger partial charge in [0.15, 0.2) is 0 Å². The maximum Gasteiger partial charge on any atom is 0.244 e. The van der Waals surface area contributed by atoms with Gasteiger partial charge in [-0.3, -0.25) is 4.79 Å². The van der Waals surface area contributed by atoms with Crippen LogP contribution in [0.1, 0.15) is 5.56 Å². The van der Waals surface area contributed by atoms with E-state index >= 15 is 0 Å². The topological polar surface area (TPSA) is 121 Å². The van der Waals surface area contributed by atoms with E-state index in [2.05, 4.69) is 20.0 Å². The highest BCUT2D eigenvalue weighted by Crippen LogP contribution is 2.28. The molecular formula is C26H22N4O4S. The number of fused-ring (bicyclic) bond motifs is 3. The number of hydrogen-bond donors (Lipinski definition) is 3. The van der Waals surface area contributed by atoms with Gasteiger partial charge in [0.25, 0.3) is 0 Å². The molecule has 0 bridgehead atoms. The predicted octanol–water partition coefficient (Wildman–Crippen LogP) is 3.52. The number of carbonyl (C=O) groups is 1. The van der Waals surface area contributed by atoms with E-state index in [9.17, 15) is 18.3 Å². The van der Waals surface area contributed by atoms with Crippen LogP contribution in [0.5, 0.6) is 0 Å². The molecule has 35 heavy (non-hydrogen) atoms. The van der Waals surface area contributed by atoms with Crippen LogP contribution in [0.2, 0.25) is 0 Å². The lowest BCUT2D eigenvalue weighted by atomic mass is 10.1. The van der Waals surface area contributed by atoms with Crippen LogP contribution in [-0.2, 0) is 14.8 Å². The van der Waals surface area contributed by atoms with Gasteiger partial charge in [0.2, 0.25) is 15.9 Å². The first-order chi connectivity index (χ1) is 16.8. The number of amides is 1. The molecular weight excluding hydrogens is 464 g/mol. The lowest BCUT2D eigenvalue weighted by molar-refractivity contribution is -0.118. The van der Waals surface area contributed by atoms with E-state index < -0.39 is 28.6 Å². The lowest BCUT2D eigenvalue weighted by Gasteiger charge is -2.17. The first-order valence-corrected chi connectivity index (χ1v) is 12.4. The fraction of sp³-hybridized carbons (Fsp3) is 0.115. The van der Waals surface area contributed by atoms with Gasteiger partial charge in [-0.2, -0.15) is 4.72 Å². The molecule has 8 nitrogen and oxygen atoms in total. The number of hydrogen-bond acceptors (Lipinski definition) is 6. The van der Waals surface area contributed by atoms with Crippen molar-refractivity contribution in [3.63, 3.8) is 0 Å². The Bertz CT molecular complexity index is 1690. The molecule has 0 radical (unpaired) electrons. The number of aromatic nitrogens is 2. The molecule has 0 saturated heterocycles. The van der Waals surface area contributed by atoms with Gasteiger partial charge < -0.3 is 10.4 Å². The van der Waals surface area contributed by atoms with Gasteiger partial charge in [0.1, 0.15) is 6.04 Å². The second kappa shape index (κ2) is 9.03. The van der Waals surface area contributed by atoms with E-state index in [0.29, 0.717) is 11.2 Å². The minimum absolute atomic E-state index is 0.0109. The number of nitrogens with zero attached hydrogens (tertiary/aromatic N) is 2. The van der Waals surface area contributed by atoms with Crippen molar-refractivity contribution in [3.05, 3.63) is 84.4 Å². The highest BCUT2D eigenvalue weighted by atomic mass is 32.2. The minimum atomic E-state index is -4.01. The molecule has 9 heteroatoms. The highest BCUT2D eigenvalue weighted by molar-refractivity contribution is 7.89. The third-order valence-electron chi connectivity index (χ3n) is 5.72. The number of aryl methyl sites for hydroxylation is 1. The first-order valence-electron chi connectivity index (χ1n) is 10.9. The number of anilines is 1. The zero-order chi connectivity index (χ0) is 24.6. The zero-order valence-electron chi connectivity index (χ0n) is 18.8. The van der Waals surface area contributed by atoms with Gasteiger partial charge in [-0.05, 0) is 54.8 Å². The summed E-state index contributed by atoms with van der Waals surface area (Å²) in [5, 5.41) is 14.1. The van der Waals surface area contributed by atoms with Crippen LogP contribution < -0.4 is 10.0 Å². The summed E-state index contributed by atoms with van der Waals surface area (Å²) in [6, 6.07) is 21.5. The van der Waals surface area contributed by atoms with Gasteiger partial charge >= 0.3 is 0 Å². The maximum absolute atomic E-state index is 13.0. The van der Waals surface area contributed by atoms with Crippen LogP contribution in [0.3, 0.4) is 0 Å². The molecule has 0 aliphatic carbocycles. The summed E-state index contributed by atoms with van der Waals surface area (Å²) in [6.45, 7) is 1.14. The zero-order valence-corrected chi connectivity index (χ0v) is 19.6. The van der Waals surface area contributed by atoms with Crippen molar-refractivity contribution < 1.29 is 18.3 Å². The number of para-hydroxylation sites is 2. The number of aliphatic hydroxyl groups is 1. The Labute approximate surface area is 201 Å². The van der Waals surface area contributed by atoms with Crippen LogP contribution >= 0.6 is 0 Å². The summed E-state index contributed by atoms with van der Waals surface area (Å²) < 4.78 is 27.7. The normalized spacial score (nSPS) is 12.7. The number of rotatable bonds is 6. The van der Waals surface area contributed by atoms with Crippen molar-refractivity contribution in [1.82, 2.24) is 14.7 Å². The number of nitrogens with one attached hydrogen (secondary N) is 2. The summed E-state index contributed by atoms with van der Waals surface area (Å²) in [4.78, 5) is 22.3. The van der Waals surface area contributed by atoms with Crippen molar-refractivity contribution in [2.45, 2.75) is 17.9 Å². The first kappa shape index (κ1) is 22.9. The Hall–Kier alpha value is -3.92. The van der Waals surface area contributed by atoms with Gasteiger partial charge in [0, 0.05) is 11.1 Å². The molecule has 1 amide bonds. The molecule has 1 atom stereocenters. The molecule has 1 aromatic heterocycles. The van der Waals surface area contributed by atoms with E-state index in [0.717, 1.165) is 32.9 Å². The van der Waals surface area contributed by atoms with E-state index in [1.54, 1.807) is 24.3 Å². The predicted molar refractivity (Wildman–Crippen MR) is 136 cm³/mol. The molecule has 0 aliphatic heterocycles. The van der Waals surface area contributed by atoms with Crippen LogP contribution in [0.15, 0.2) is 83.8 Å². The van der Waals surface area contributed by atoms with Crippen molar-refractivity contribution in [2.75, 3.05) is 11.9 Å². The molecule has 3 N–H and O–H groups in total. The third kappa shape index (κ3) is 4.57. The average Bonchev–Trinajstić information content (AvgIpc) is 2.85. The Morgan fingerprint density at radius 2 is 1.54 bits per heavy atom. The SMILES string of the molecule is Cc1ccc(S(=O)(=O)NC(CO)C(=O)Nc2cccc3cc4nc5ccccc5nc4cc23)cc1. The summed E-state index contributed by atoms with van der Waals surface area (Å²) in [5.41, 5.74) is 4.30. The second-order valence-corrected chi connectivity index (χ2v) is 9.95. The van der Waals surface area contributed by atoms with Gasteiger partial charge in [0.05, 0.1) is 33.6 Å². The molecule has 0 fully saturated rings. The fourth-order valence-corrected chi connectivity index (χ4v) is 5.06. The van der Waals surface area contributed by atoms with Crippen molar-refractivity contribution >= 4 is 54.5 Å². The molecule has 0 saturated carbocycles. The van der Waals surface area contributed by atoms with E-state index in [1.165, 1.54) is 12.1 Å². The highest BCUT2D eigenvalue weighted by Gasteiger charge is 2.25. The minimum Gasteiger partial charge on any atom is -0.394 e. The molecule has 4 aromatic carbocycles. The molecule has 5 aromatic rings. The Morgan fingerprint density at radius 1 is 0.886 bits per heavy atom. The van der Waals surface area contributed by atoms with Crippen LogP contribution in [0.4, 0.5) is 5.69 Å². The summed E-state index contributed by atoms with van der Waals surface area (Å²) >= 11 is 0. The monoisotopic (exact) mass is 486 g/mol. The number of sulfonamides is 1. The van der Waals surface area contributed by atoms with E-state index in [4.69, 9.17) is 0 Å². The van der Waals surface area contributed by atoms with Crippen LogP contribution in [0.25, 0.3) is 32.8 Å². The smallest absolute Gasteiger partial charge is 0.244 e. The molecule has 0 spiro atoms. The Balaban J connectivity index is 1.46. The quantitative estimate of drug-likeness (QED) is 0.316. The second-order valence-electron chi connectivity index (χ2n) is 8.24. The Kier molecular flexibility index (Phi) is 5.89. The lowest BCUT2D eigenvalue weighted by Crippen LogP contribution is -2.46. The number of carbonyl (C=O) groups excluding carboxylic acids is 1. The van der Waals surface area contributed by atoms with Crippen molar-refractivity contribution in [2.24, 2.45) is 0 Å². The van der Waals surface area contributed by atoms with Gasteiger partial charge in [-0.1, -0.05) is 42.0 Å². The number of benzene rings is 4. The standard InChI is InChI=1S/C26H22N4O4S/c1-16-9-11-18(12-10-16)35(33,34)30-25(15-31)26(32)29-20-8-4-5-17-13-23-24(14-19(17)20)28-22-7-3-2-6-21(22)27-23/h2-14,25,30-31H,15H2,1H3,(H,29,32). The molecule has 0 aliphatic rings. The van der Waals surface area contributed by atoms with Crippen LogP contribution in [-0.4, -0.2) is 42.0 Å². The average molecular weight is 487 g/mol.